The second-order valence-electron chi connectivity index (χ2n) is 2.73. The molecule has 0 spiro atoms. The van der Waals surface area contributed by atoms with Crippen molar-refractivity contribution in [3.8, 4) is 0 Å². The minimum absolute atomic E-state index is 0.765. The van der Waals surface area contributed by atoms with Crippen LogP contribution in [0.2, 0.25) is 0 Å². The van der Waals surface area contributed by atoms with E-state index in [1.165, 1.54) is 0 Å². The SMILES string of the molecule is O=C(O)CC(NC(CO)C(=O)O)C(=O)O. The highest BCUT2D eigenvalue weighted by molar-refractivity contribution is 5.82. The Kier molecular flexibility index (Phi) is 5.27. The predicted octanol–water partition coefficient (Wildman–Crippen LogP) is -2.05. The molecule has 0 radical (unpaired) electrons. The topological polar surface area (TPSA) is 144 Å². The number of aliphatic carboxylic acids is 3. The van der Waals surface area contributed by atoms with Gasteiger partial charge in [-0.3, -0.25) is 19.7 Å². The van der Waals surface area contributed by atoms with Crippen molar-refractivity contribution in [1.29, 1.82) is 0 Å². The summed E-state index contributed by atoms with van der Waals surface area (Å²) in [5.41, 5.74) is 0. The van der Waals surface area contributed by atoms with Gasteiger partial charge in [-0.1, -0.05) is 0 Å². The van der Waals surface area contributed by atoms with Crippen LogP contribution in [0, 0.1) is 0 Å². The van der Waals surface area contributed by atoms with Crippen LogP contribution in [0.5, 0.6) is 0 Å². The summed E-state index contributed by atoms with van der Waals surface area (Å²) in [6.45, 7) is -0.821. The zero-order valence-corrected chi connectivity index (χ0v) is 7.58. The third kappa shape index (κ3) is 4.93. The van der Waals surface area contributed by atoms with Gasteiger partial charge in [-0.05, 0) is 0 Å². The normalized spacial score (nSPS) is 14.2. The van der Waals surface area contributed by atoms with Crippen LogP contribution in [-0.4, -0.2) is 57.0 Å². The van der Waals surface area contributed by atoms with Crippen molar-refractivity contribution < 1.29 is 34.8 Å². The number of aliphatic hydroxyl groups excluding tert-OH is 1. The molecule has 0 aromatic carbocycles. The lowest BCUT2D eigenvalue weighted by atomic mass is 10.2. The summed E-state index contributed by atoms with van der Waals surface area (Å²) in [5, 5.41) is 35.9. The average Bonchev–Trinajstić information content (AvgIpc) is 2.10. The van der Waals surface area contributed by atoms with Crippen LogP contribution in [-0.2, 0) is 14.4 Å². The van der Waals surface area contributed by atoms with Crippen LogP contribution in [0.1, 0.15) is 6.42 Å². The molecule has 5 N–H and O–H groups in total. The van der Waals surface area contributed by atoms with E-state index in [1.54, 1.807) is 0 Å². The van der Waals surface area contributed by atoms with Gasteiger partial charge in [0.1, 0.15) is 12.1 Å². The number of carboxylic acids is 3. The summed E-state index contributed by atoms with van der Waals surface area (Å²) in [5.74, 6) is -4.32. The molecule has 0 aromatic heterocycles. The molecule has 86 valence electrons. The molecule has 0 saturated heterocycles. The van der Waals surface area contributed by atoms with Gasteiger partial charge in [0.05, 0.1) is 13.0 Å². The first-order chi connectivity index (χ1) is 6.88. The van der Waals surface area contributed by atoms with Crippen molar-refractivity contribution in [3.63, 3.8) is 0 Å². The minimum Gasteiger partial charge on any atom is -0.481 e. The van der Waals surface area contributed by atoms with Gasteiger partial charge in [-0.15, -0.1) is 0 Å². The van der Waals surface area contributed by atoms with Crippen LogP contribution < -0.4 is 5.32 Å². The highest BCUT2D eigenvalue weighted by Crippen LogP contribution is 1.96. The van der Waals surface area contributed by atoms with Gasteiger partial charge in [-0.25, -0.2) is 0 Å². The number of hydrogen-bond donors (Lipinski definition) is 5. The number of carboxylic acid groups (broad SMARTS) is 3. The molecule has 15 heavy (non-hydrogen) atoms. The Morgan fingerprint density at radius 3 is 1.73 bits per heavy atom. The zero-order chi connectivity index (χ0) is 12.0. The van der Waals surface area contributed by atoms with Crippen LogP contribution in [0.4, 0.5) is 0 Å². The summed E-state index contributed by atoms with van der Waals surface area (Å²) in [4.78, 5) is 31.2. The first kappa shape index (κ1) is 13.3. The summed E-state index contributed by atoms with van der Waals surface area (Å²) in [6.07, 6.45) is -0.765. The van der Waals surface area contributed by atoms with E-state index in [0.29, 0.717) is 0 Å². The smallest absolute Gasteiger partial charge is 0.323 e. The monoisotopic (exact) mass is 221 g/mol. The third-order valence-corrected chi connectivity index (χ3v) is 1.56. The standard InChI is InChI=1S/C7H11NO7/c9-2-4(7(14)15)8-3(6(12)13)1-5(10)11/h3-4,8-9H,1-2H2,(H,10,11)(H,12,13)(H,14,15). The van der Waals surface area contributed by atoms with Crippen molar-refractivity contribution in [2.24, 2.45) is 0 Å². The van der Waals surface area contributed by atoms with Gasteiger partial charge in [0.15, 0.2) is 0 Å². The maximum Gasteiger partial charge on any atom is 0.323 e. The van der Waals surface area contributed by atoms with Gasteiger partial charge < -0.3 is 20.4 Å². The molecule has 2 unspecified atom stereocenters. The second kappa shape index (κ2) is 5.94. The predicted molar refractivity (Wildman–Crippen MR) is 45.3 cm³/mol. The van der Waals surface area contributed by atoms with E-state index in [4.69, 9.17) is 20.4 Å². The molecule has 8 nitrogen and oxygen atoms in total. The van der Waals surface area contributed by atoms with Crippen molar-refractivity contribution >= 4 is 17.9 Å². The fourth-order valence-corrected chi connectivity index (χ4v) is 0.837. The molecule has 2 atom stereocenters. The summed E-state index contributed by atoms with van der Waals surface area (Å²) >= 11 is 0. The van der Waals surface area contributed by atoms with Crippen molar-refractivity contribution in [3.05, 3.63) is 0 Å². The molecule has 0 rings (SSSR count). The molecule has 0 aliphatic heterocycles. The highest BCUT2D eigenvalue weighted by atomic mass is 16.4. The Hall–Kier alpha value is -1.67. The molecule has 8 heteroatoms. The van der Waals surface area contributed by atoms with Crippen LogP contribution in [0.3, 0.4) is 0 Å². The molecule has 0 heterocycles. The second-order valence-corrected chi connectivity index (χ2v) is 2.73. The quantitative estimate of drug-likeness (QED) is 0.330. The number of aliphatic hydroxyl groups is 1. The number of rotatable bonds is 7. The van der Waals surface area contributed by atoms with Gasteiger partial charge in [0.2, 0.25) is 0 Å². The van der Waals surface area contributed by atoms with Crippen LogP contribution >= 0.6 is 0 Å². The highest BCUT2D eigenvalue weighted by Gasteiger charge is 2.27. The van der Waals surface area contributed by atoms with E-state index in [2.05, 4.69) is 0 Å². The number of carbonyl (C=O) groups is 3. The fourth-order valence-electron chi connectivity index (χ4n) is 0.837. The Morgan fingerprint density at radius 1 is 1.00 bits per heavy atom. The maximum absolute atomic E-state index is 10.5. The first-order valence-electron chi connectivity index (χ1n) is 3.92. The molecule has 0 fully saturated rings. The van der Waals surface area contributed by atoms with E-state index in [9.17, 15) is 14.4 Å². The van der Waals surface area contributed by atoms with Crippen LogP contribution in [0.25, 0.3) is 0 Å². The van der Waals surface area contributed by atoms with Gasteiger partial charge in [-0.2, -0.15) is 0 Å². The van der Waals surface area contributed by atoms with Crippen LogP contribution in [0.15, 0.2) is 0 Å². The lowest BCUT2D eigenvalue weighted by Crippen LogP contribution is -2.49. The van der Waals surface area contributed by atoms with E-state index < -0.39 is 43.0 Å². The van der Waals surface area contributed by atoms with Crippen molar-refractivity contribution in [1.82, 2.24) is 5.32 Å². The minimum atomic E-state index is -1.55. The molecular weight excluding hydrogens is 210 g/mol. The molecular formula is C7H11NO7. The van der Waals surface area contributed by atoms with E-state index in [1.807, 2.05) is 5.32 Å². The maximum atomic E-state index is 10.5. The molecule has 0 aromatic rings. The Labute approximate surface area is 84.1 Å². The van der Waals surface area contributed by atoms with E-state index >= 15 is 0 Å². The van der Waals surface area contributed by atoms with Crippen molar-refractivity contribution in [2.75, 3.05) is 6.61 Å². The third-order valence-electron chi connectivity index (χ3n) is 1.56. The van der Waals surface area contributed by atoms with Gasteiger partial charge >= 0.3 is 17.9 Å². The molecule has 0 amide bonds. The first-order valence-corrected chi connectivity index (χ1v) is 3.92. The summed E-state index contributed by atoms with van der Waals surface area (Å²) in [6, 6.07) is -3.04. The lowest BCUT2D eigenvalue weighted by molar-refractivity contribution is -0.148. The zero-order valence-electron chi connectivity index (χ0n) is 7.58. The number of nitrogens with one attached hydrogen (secondary N) is 1. The Balaban J connectivity index is 4.45. The van der Waals surface area contributed by atoms with Gasteiger partial charge in [0, 0.05) is 0 Å². The van der Waals surface area contributed by atoms with Crippen molar-refractivity contribution in [2.45, 2.75) is 18.5 Å². The summed E-state index contributed by atoms with van der Waals surface area (Å²) in [7, 11) is 0. The molecule has 0 aliphatic carbocycles. The lowest BCUT2D eigenvalue weighted by Gasteiger charge is -2.16. The van der Waals surface area contributed by atoms with Gasteiger partial charge in [0.25, 0.3) is 0 Å². The Bertz CT molecular complexity index is 264. The average molecular weight is 221 g/mol. The fraction of sp³-hybridized carbons (Fsp3) is 0.571. The largest absolute Gasteiger partial charge is 0.481 e. The van der Waals surface area contributed by atoms with E-state index in [-0.39, 0.29) is 0 Å². The molecule has 0 aliphatic rings. The summed E-state index contributed by atoms with van der Waals surface area (Å²) < 4.78 is 0. The Morgan fingerprint density at radius 2 is 1.47 bits per heavy atom. The number of hydrogen-bond acceptors (Lipinski definition) is 5. The van der Waals surface area contributed by atoms with E-state index in [0.717, 1.165) is 0 Å². The molecule has 0 saturated carbocycles. The molecule has 0 bridgehead atoms.